The zero-order chi connectivity index (χ0) is 11.8. The maximum absolute atomic E-state index is 11.8. The van der Waals surface area contributed by atoms with Crippen LogP contribution in [0.5, 0.6) is 0 Å². The van der Waals surface area contributed by atoms with Gasteiger partial charge in [0.05, 0.1) is 5.92 Å². The number of alkyl halides is 3. The largest absolute Gasteiger partial charge is 0.471 e. The number of rotatable bonds is 1. The van der Waals surface area contributed by atoms with Crippen molar-refractivity contribution >= 4 is 17.8 Å². The second-order valence-electron chi connectivity index (χ2n) is 2.98. The van der Waals surface area contributed by atoms with E-state index in [1.165, 1.54) is 12.2 Å². The van der Waals surface area contributed by atoms with E-state index >= 15 is 0 Å². The fourth-order valence-electron chi connectivity index (χ4n) is 1.00. The average molecular weight is 226 g/mol. The number of ether oxygens (including phenoxy) is 1. The van der Waals surface area contributed by atoms with Crippen molar-refractivity contribution in [2.24, 2.45) is 5.92 Å². The molecule has 0 aromatic carbocycles. The molecule has 0 saturated carbocycles. The SMILES string of the molecule is [13CH3][C@@H]1C(=O)OC(=O)[C@H]1NC(=O)C(F)(F)F. The van der Waals surface area contributed by atoms with Gasteiger partial charge in [-0.25, -0.2) is 4.79 Å². The number of cyclic esters (lactones) is 2. The van der Waals surface area contributed by atoms with Gasteiger partial charge in [-0.2, -0.15) is 13.2 Å². The van der Waals surface area contributed by atoms with E-state index in [9.17, 15) is 27.6 Å². The van der Waals surface area contributed by atoms with Crippen molar-refractivity contribution in [1.29, 1.82) is 0 Å². The standard InChI is InChI=1S/C7H6F3NO4/c1-2-3(5(13)15-4(2)12)11-6(14)7(8,9)10/h2-3H,1H3,(H,11,14)/t2-,3-/m0/s1/i1+1. The molecule has 1 rings (SSSR count). The molecule has 5 nitrogen and oxygen atoms in total. The first-order chi connectivity index (χ1) is 6.73. The fraction of sp³-hybridized carbons (Fsp3) is 0.571. The van der Waals surface area contributed by atoms with Crippen LogP contribution in [0.4, 0.5) is 13.2 Å². The average Bonchev–Trinajstić information content (AvgIpc) is 2.30. The Morgan fingerprint density at radius 3 is 2.20 bits per heavy atom. The van der Waals surface area contributed by atoms with Crippen LogP contribution in [0.3, 0.4) is 0 Å². The predicted molar refractivity (Wildman–Crippen MR) is 38.2 cm³/mol. The van der Waals surface area contributed by atoms with E-state index < -0.39 is 36.0 Å². The molecule has 2 atom stereocenters. The smallest absolute Gasteiger partial charge is 0.391 e. The van der Waals surface area contributed by atoms with E-state index in [1.54, 1.807) is 0 Å². The van der Waals surface area contributed by atoms with Crippen LogP contribution in [0, 0.1) is 5.92 Å². The second-order valence-corrected chi connectivity index (χ2v) is 2.98. The molecule has 0 unspecified atom stereocenters. The van der Waals surface area contributed by atoms with Gasteiger partial charge >= 0.3 is 24.0 Å². The Kier molecular flexibility index (Phi) is 2.69. The van der Waals surface area contributed by atoms with Gasteiger partial charge in [0, 0.05) is 0 Å². The van der Waals surface area contributed by atoms with Gasteiger partial charge in [0.15, 0.2) is 0 Å². The number of hydrogen-bond donors (Lipinski definition) is 1. The Balaban J connectivity index is 2.71. The molecule has 8 heteroatoms. The van der Waals surface area contributed by atoms with Crippen molar-refractivity contribution in [2.75, 3.05) is 0 Å². The summed E-state index contributed by atoms with van der Waals surface area (Å²) in [5, 5.41) is 1.39. The summed E-state index contributed by atoms with van der Waals surface area (Å²) in [5.41, 5.74) is 0. The zero-order valence-electron chi connectivity index (χ0n) is 7.42. The number of amides is 1. The van der Waals surface area contributed by atoms with Crippen molar-refractivity contribution < 1.29 is 32.3 Å². The third-order valence-electron chi connectivity index (χ3n) is 1.87. The van der Waals surface area contributed by atoms with Crippen molar-refractivity contribution in [1.82, 2.24) is 5.32 Å². The highest BCUT2D eigenvalue weighted by Gasteiger charge is 2.47. The first-order valence-corrected chi connectivity index (χ1v) is 3.86. The molecule has 1 fully saturated rings. The molecule has 0 aromatic rings. The van der Waals surface area contributed by atoms with Crippen LogP contribution >= 0.6 is 0 Å². The molecule has 0 aliphatic carbocycles. The van der Waals surface area contributed by atoms with Crippen molar-refractivity contribution in [2.45, 2.75) is 19.1 Å². The van der Waals surface area contributed by atoms with E-state index in [-0.39, 0.29) is 0 Å². The summed E-state index contributed by atoms with van der Waals surface area (Å²) in [4.78, 5) is 32.0. The number of esters is 2. The molecule has 1 aliphatic heterocycles. The molecule has 0 bridgehead atoms. The monoisotopic (exact) mass is 226 g/mol. The summed E-state index contributed by atoms with van der Waals surface area (Å²) >= 11 is 0. The molecule has 1 N–H and O–H groups in total. The Morgan fingerprint density at radius 1 is 1.33 bits per heavy atom. The van der Waals surface area contributed by atoms with Gasteiger partial charge in [-0.05, 0) is 6.92 Å². The molecule has 0 aromatic heterocycles. The van der Waals surface area contributed by atoms with Crippen LogP contribution in [-0.4, -0.2) is 30.1 Å². The minimum Gasteiger partial charge on any atom is -0.391 e. The molecule has 1 amide bonds. The lowest BCUT2D eigenvalue weighted by atomic mass is 10.1. The van der Waals surface area contributed by atoms with Crippen molar-refractivity contribution in [3.8, 4) is 0 Å². The highest BCUT2D eigenvalue weighted by Crippen LogP contribution is 2.19. The van der Waals surface area contributed by atoms with E-state index in [1.807, 2.05) is 0 Å². The quantitative estimate of drug-likeness (QED) is 0.380. The van der Waals surface area contributed by atoms with Gasteiger partial charge in [-0.1, -0.05) is 0 Å². The van der Waals surface area contributed by atoms with E-state index in [4.69, 9.17) is 0 Å². The Labute approximate surface area is 81.6 Å². The normalized spacial score (nSPS) is 26.4. The lowest BCUT2D eigenvalue weighted by molar-refractivity contribution is -0.175. The number of halogens is 3. The van der Waals surface area contributed by atoms with Gasteiger partial charge < -0.3 is 10.1 Å². The van der Waals surface area contributed by atoms with Crippen LogP contribution in [-0.2, 0) is 19.1 Å². The molecule has 0 radical (unpaired) electrons. The maximum Gasteiger partial charge on any atom is 0.471 e. The van der Waals surface area contributed by atoms with Gasteiger partial charge in [0.2, 0.25) is 0 Å². The third kappa shape index (κ3) is 2.25. The molecule has 15 heavy (non-hydrogen) atoms. The Morgan fingerprint density at radius 2 is 1.87 bits per heavy atom. The zero-order valence-corrected chi connectivity index (χ0v) is 7.42. The summed E-state index contributed by atoms with van der Waals surface area (Å²) in [6.45, 7) is 1.19. The second kappa shape index (κ2) is 3.52. The summed E-state index contributed by atoms with van der Waals surface area (Å²) in [6.07, 6.45) is -5.09. The maximum atomic E-state index is 11.8. The van der Waals surface area contributed by atoms with E-state index in [0.717, 1.165) is 0 Å². The summed E-state index contributed by atoms with van der Waals surface area (Å²) in [7, 11) is 0. The first-order valence-electron chi connectivity index (χ1n) is 3.86. The number of carbonyl (C=O) groups excluding carboxylic acids is 3. The molecule has 1 aliphatic rings. The van der Waals surface area contributed by atoms with Crippen LogP contribution in [0.25, 0.3) is 0 Å². The Bertz CT molecular complexity index is 325. The first kappa shape index (κ1) is 11.5. The summed E-state index contributed by atoms with van der Waals surface area (Å²) in [5.74, 6) is -5.51. The lowest BCUT2D eigenvalue weighted by Gasteiger charge is -2.12. The molecule has 1 saturated heterocycles. The van der Waals surface area contributed by atoms with E-state index in [2.05, 4.69) is 4.74 Å². The number of nitrogens with one attached hydrogen (secondary N) is 1. The van der Waals surface area contributed by atoms with Crippen LogP contribution in [0.1, 0.15) is 6.92 Å². The van der Waals surface area contributed by atoms with Gasteiger partial charge in [-0.15, -0.1) is 0 Å². The minimum atomic E-state index is -5.09. The third-order valence-corrected chi connectivity index (χ3v) is 1.87. The molecular weight excluding hydrogens is 220 g/mol. The number of hydrogen-bond acceptors (Lipinski definition) is 4. The lowest BCUT2D eigenvalue weighted by Crippen LogP contribution is -2.47. The van der Waals surface area contributed by atoms with Crippen LogP contribution in [0.15, 0.2) is 0 Å². The molecule has 84 valence electrons. The molecular formula is C7H6F3NO4. The van der Waals surface area contributed by atoms with Crippen molar-refractivity contribution in [3.05, 3.63) is 0 Å². The topological polar surface area (TPSA) is 72.5 Å². The Hall–Kier alpha value is -1.60. The van der Waals surface area contributed by atoms with Crippen LogP contribution in [0.2, 0.25) is 0 Å². The molecule has 1 heterocycles. The number of carbonyl (C=O) groups is 3. The minimum absolute atomic E-state index is 0.951. The van der Waals surface area contributed by atoms with Crippen molar-refractivity contribution in [3.63, 3.8) is 0 Å². The van der Waals surface area contributed by atoms with E-state index in [0.29, 0.717) is 0 Å². The predicted octanol–water partition coefficient (Wildman–Crippen LogP) is -0.247. The fourth-order valence-corrected chi connectivity index (χ4v) is 1.00. The molecule has 0 spiro atoms. The van der Waals surface area contributed by atoms with Crippen LogP contribution < -0.4 is 5.32 Å². The van der Waals surface area contributed by atoms with Gasteiger partial charge in [0.1, 0.15) is 6.04 Å². The summed E-state index contributed by atoms with van der Waals surface area (Å²) < 4.78 is 39.5. The highest BCUT2D eigenvalue weighted by molar-refractivity contribution is 6.00. The summed E-state index contributed by atoms with van der Waals surface area (Å²) in [6, 6.07) is -1.56. The van der Waals surface area contributed by atoms with Gasteiger partial charge in [0.25, 0.3) is 0 Å². The van der Waals surface area contributed by atoms with Gasteiger partial charge in [-0.3, -0.25) is 9.59 Å². The highest BCUT2D eigenvalue weighted by atomic mass is 19.4.